The van der Waals surface area contributed by atoms with Crippen LogP contribution in [0.4, 0.5) is 0 Å². The topological polar surface area (TPSA) is 95.7 Å². The van der Waals surface area contributed by atoms with Gasteiger partial charge in [0.15, 0.2) is 0 Å². The predicted octanol–water partition coefficient (Wildman–Crippen LogP) is 5.28. The second-order valence-electron chi connectivity index (χ2n) is 8.29. The van der Waals surface area contributed by atoms with Gasteiger partial charge in [-0.05, 0) is 42.2 Å². The Kier molecular flexibility index (Phi) is 7.91. The number of rotatable bonds is 8. The van der Waals surface area contributed by atoms with Gasteiger partial charge in [0.1, 0.15) is 30.8 Å². The fourth-order valence-electron chi connectivity index (χ4n) is 4.02. The first kappa shape index (κ1) is 25.0. The third-order valence-corrected chi connectivity index (χ3v) is 7.18. The molecule has 1 aromatic heterocycles. The van der Waals surface area contributed by atoms with Crippen LogP contribution in [0.1, 0.15) is 33.4 Å². The number of carboxylic acid groups (broad SMARTS) is 1. The summed E-state index contributed by atoms with van der Waals surface area (Å²) in [5.41, 5.74) is 5.06. The number of carboxylic acids is 1. The SMILES string of the molecule is Cc1c(Br)cccc1COc1cc(OCc2cncc(C#N)c2)c2c(c1Cl)CCN(CC(=O)O)C2. The first-order valence-corrected chi connectivity index (χ1v) is 12.1. The molecule has 1 aliphatic heterocycles. The van der Waals surface area contributed by atoms with Gasteiger partial charge in [-0.1, -0.05) is 39.7 Å². The summed E-state index contributed by atoms with van der Waals surface area (Å²) in [6.45, 7) is 3.46. The Bertz CT molecular complexity index is 1310. The van der Waals surface area contributed by atoms with E-state index in [2.05, 4.69) is 27.0 Å². The number of ether oxygens (including phenoxy) is 2. The monoisotopic (exact) mass is 555 g/mol. The molecule has 1 aliphatic rings. The molecule has 0 unspecified atom stereocenters. The highest BCUT2D eigenvalue weighted by Crippen LogP contribution is 2.41. The maximum Gasteiger partial charge on any atom is 0.317 e. The van der Waals surface area contributed by atoms with Gasteiger partial charge in [0, 0.05) is 47.1 Å². The van der Waals surface area contributed by atoms with Crippen LogP contribution in [-0.2, 0) is 31.0 Å². The molecule has 0 aliphatic carbocycles. The van der Waals surface area contributed by atoms with E-state index in [0.29, 0.717) is 48.2 Å². The molecule has 0 spiro atoms. The summed E-state index contributed by atoms with van der Waals surface area (Å²) < 4.78 is 13.3. The van der Waals surface area contributed by atoms with E-state index in [0.717, 1.165) is 32.3 Å². The lowest BCUT2D eigenvalue weighted by molar-refractivity contribution is -0.138. The van der Waals surface area contributed by atoms with Gasteiger partial charge in [-0.2, -0.15) is 5.26 Å². The van der Waals surface area contributed by atoms with Crippen LogP contribution in [0.3, 0.4) is 0 Å². The Hall–Kier alpha value is -3.12. The number of aromatic nitrogens is 1. The van der Waals surface area contributed by atoms with Gasteiger partial charge >= 0.3 is 5.97 Å². The molecule has 3 aromatic rings. The van der Waals surface area contributed by atoms with E-state index >= 15 is 0 Å². The van der Waals surface area contributed by atoms with Crippen molar-refractivity contribution in [3.05, 3.63) is 85.6 Å². The minimum Gasteiger partial charge on any atom is -0.488 e. The summed E-state index contributed by atoms with van der Waals surface area (Å²) in [5, 5.41) is 18.9. The Morgan fingerprint density at radius 1 is 1.23 bits per heavy atom. The number of pyridine rings is 1. The predicted molar refractivity (Wildman–Crippen MR) is 135 cm³/mol. The van der Waals surface area contributed by atoms with E-state index in [1.54, 1.807) is 18.3 Å². The van der Waals surface area contributed by atoms with Crippen LogP contribution in [0.15, 0.2) is 47.2 Å². The van der Waals surface area contributed by atoms with Crippen LogP contribution in [0.5, 0.6) is 11.5 Å². The molecule has 180 valence electrons. The van der Waals surface area contributed by atoms with Crippen molar-refractivity contribution in [2.75, 3.05) is 13.1 Å². The van der Waals surface area contributed by atoms with Crippen LogP contribution in [0.2, 0.25) is 5.02 Å². The fraction of sp³-hybridized carbons (Fsp3) is 0.269. The van der Waals surface area contributed by atoms with Gasteiger partial charge in [-0.3, -0.25) is 14.7 Å². The maximum absolute atomic E-state index is 11.3. The molecule has 35 heavy (non-hydrogen) atoms. The number of nitrogens with zero attached hydrogens (tertiary/aromatic N) is 3. The molecule has 2 aromatic carbocycles. The van der Waals surface area contributed by atoms with Gasteiger partial charge in [-0.15, -0.1) is 0 Å². The van der Waals surface area contributed by atoms with Crippen molar-refractivity contribution < 1.29 is 19.4 Å². The number of nitriles is 1. The molecule has 0 saturated heterocycles. The molecular weight excluding hydrogens is 534 g/mol. The van der Waals surface area contributed by atoms with Crippen LogP contribution in [0.25, 0.3) is 0 Å². The number of hydrogen-bond donors (Lipinski definition) is 1. The standard InChI is InChI=1S/C26H23BrClN3O4/c1-16-19(3-2-4-22(16)27)15-35-24-8-23(34-14-18-7-17(9-29)10-30-11-18)21-12-31(13-25(32)33)6-5-20(21)26(24)28/h2-4,7-8,10-11H,5-6,12-15H2,1H3,(H,32,33). The van der Waals surface area contributed by atoms with E-state index in [-0.39, 0.29) is 13.2 Å². The Morgan fingerprint density at radius 2 is 2.03 bits per heavy atom. The normalized spacial score (nSPS) is 13.1. The summed E-state index contributed by atoms with van der Waals surface area (Å²) in [6.07, 6.45) is 3.72. The number of halogens is 2. The Morgan fingerprint density at radius 3 is 2.80 bits per heavy atom. The smallest absolute Gasteiger partial charge is 0.317 e. The molecular formula is C26H23BrClN3O4. The molecule has 7 nitrogen and oxygen atoms in total. The average molecular weight is 557 g/mol. The highest BCUT2D eigenvalue weighted by atomic mass is 79.9. The zero-order valence-corrected chi connectivity index (χ0v) is 21.4. The highest BCUT2D eigenvalue weighted by Gasteiger charge is 2.26. The number of carbonyl (C=O) groups is 1. The minimum atomic E-state index is -0.884. The molecule has 0 bridgehead atoms. The molecule has 0 amide bonds. The molecule has 0 radical (unpaired) electrons. The number of hydrogen-bond acceptors (Lipinski definition) is 6. The summed E-state index contributed by atoms with van der Waals surface area (Å²) in [4.78, 5) is 17.2. The van der Waals surface area contributed by atoms with Crippen molar-refractivity contribution in [3.63, 3.8) is 0 Å². The Balaban J connectivity index is 1.64. The van der Waals surface area contributed by atoms with E-state index in [4.69, 9.17) is 26.3 Å². The van der Waals surface area contributed by atoms with E-state index in [9.17, 15) is 9.90 Å². The molecule has 1 N–H and O–H groups in total. The van der Waals surface area contributed by atoms with Gasteiger partial charge in [0.2, 0.25) is 0 Å². The van der Waals surface area contributed by atoms with Gasteiger partial charge in [0.05, 0.1) is 17.1 Å². The van der Waals surface area contributed by atoms with Gasteiger partial charge in [0.25, 0.3) is 0 Å². The summed E-state index contributed by atoms with van der Waals surface area (Å²) in [5.74, 6) is 0.198. The number of aliphatic carboxylic acids is 1. The second-order valence-corrected chi connectivity index (χ2v) is 9.53. The lowest BCUT2D eigenvalue weighted by Crippen LogP contribution is -2.35. The summed E-state index contributed by atoms with van der Waals surface area (Å²) >= 11 is 10.3. The van der Waals surface area contributed by atoms with Gasteiger partial charge < -0.3 is 14.6 Å². The van der Waals surface area contributed by atoms with Crippen molar-refractivity contribution in [1.29, 1.82) is 5.26 Å². The molecule has 2 heterocycles. The second kappa shape index (κ2) is 11.1. The van der Waals surface area contributed by atoms with Crippen LogP contribution >= 0.6 is 27.5 Å². The molecule has 0 atom stereocenters. The van der Waals surface area contributed by atoms with Crippen LogP contribution < -0.4 is 9.47 Å². The third kappa shape index (κ3) is 5.93. The molecule has 9 heteroatoms. The third-order valence-electron chi connectivity index (χ3n) is 5.91. The number of benzene rings is 2. The largest absolute Gasteiger partial charge is 0.488 e. The van der Waals surface area contributed by atoms with Crippen molar-refractivity contribution in [1.82, 2.24) is 9.88 Å². The lowest BCUT2D eigenvalue weighted by atomic mass is 9.98. The van der Waals surface area contributed by atoms with Crippen LogP contribution in [0, 0.1) is 18.3 Å². The van der Waals surface area contributed by atoms with E-state index < -0.39 is 5.97 Å². The van der Waals surface area contributed by atoms with Crippen molar-refractivity contribution >= 4 is 33.5 Å². The summed E-state index contributed by atoms with van der Waals surface area (Å²) in [6, 6.07) is 11.5. The first-order chi connectivity index (χ1) is 16.9. The van der Waals surface area contributed by atoms with Crippen molar-refractivity contribution in [3.8, 4) is 17.6 Å². The van der Waals surface area contributed by atoms with Crippen molar-refractivity contribution in [2.45, 2.75) is 33.1 Å². The highest BCUT2D eigenvalue weighted by molar-refractivity contribution is 9.10. The maximum atomic E-state index is 11.3. The average Bonchev–Trinajstić information content (AvgIpc) is 2.85. The molecule has 0 saturated carbocycles. The number of fused-ring (bicyclic) bond motifs is 1. The zero-order valence-electron chi connectivity index (χ0n) is 19.1. The lowest BCUT2D eigenvalue weighted by Gasteiger charge is -2.30. The molecule has 4 rings (SSSR count). The van der Waals surface area contributed by atoms with E-state index in [1.165, 1.54) is 6.20 Å². The van der Waals surface area contributed by atoms with Crippen LogP contribution in [-0.4, -0.2) is 34.0 Å². The Labute approximate surface area is 217 Å². The van der Waals surface area contributed by atoms with E-state index in [1.807, 2.05) is 30.0 Å². The first-order valence-electron chi connectivity index (χ1n) is 11.0. The van der Waals surface area contributed by atoms with Crippen molar-refractivity contribution in [2.24, 2.45) is 0 Å². The quantitative estimate of drug-likeness (QED) is 0.403. The minimum absolute atomic E-state index is 0.0644. The van der Waals surface area contributed by atoms with Gasteiger partial charge in [-0.25, -0.2) is 0 Å². The summed E-state index contributed by atoms with van der Waals surface area (Å²) in [7, 11) is 0. The fourth-order valence-corrected chi connectivity index (χ4v) is 4.74. The molecule has 0 fully saturated rings. The zero-order chi connectivity index (χ0) is 24.9.